The third-order valence-electron chi connectivity index (χ3n) is 1.92. The number of unbranched alkanes of at least 4 members (excludes halogenated alkanes) is 2. The number of hydrogen-bond donors (Lipinski definition) is 1. The van der Waals surface area contributed by atoms with Crippen molar-refractivity contribution in [3.05, 3.63) is 12.2 Å². The molecule has 15 heavy (non-hydrogen) atoms. The minimum Gasteiger partial charge on any atom is -0.481 e. The highest BCUT2D eigenvalue weighted by atomic mass is 16.5. The Morgan fingerprint density at radius 3 is 2.40 bits per heavy atom. The number of rotatable bonds is 8. The van der Waals surface area contributed by atoms with Crippen LogP contribution in [-0.2, 0) is 14.3 Å². The van der Waals surface area contributed by atoms with E-state index in [1.54, 1.807) is 0 Å². The Balaban J connectivity index is 3.24. The molecule has 0 aliphatic rings. The molecule has 0 atom stereocenters. The fourth-order valence-electron chi connectivity index (χ4n) is 1.08. The van der Waals surface area contributed by atoms with Crippen molar-refractivity contribution in [3.63, 3.8) is 0 Å². The third-order valence-corrected chi connectivity index (χ3v) is 1.92. The molecule has 0 spiro atoms. The molecular formula is C11H18O4. The molecule has 86 valence electrons. The fraction of sp³-hybridized carbons (Fsp3) is 0.636. The standard InChI is InChI=1S/C11H18O4/c1-15-11(14)9-7-5-3-2-4-6-8-10(12)13/h3,5H,2,4,6-9H2,1H3,(H,12,13)/b5-3+. The summed E-state index contributed by atoms with van der Waals surface area (Å²) in [5, 5.41) is 8.37. The van der Waals surface area contributed by atoms with Crippen molar-refractivity contribution in [2.45, 2.75) is 38.5 Å². The Morgan fingerprint density at radius 2 is 1.80 bits per heavy atom. The lowest BCUT2D eigenvalue weighted by molar-refractivity contribution is -0.140. The number of carbonyl (C=O) groups excluding carboxylic acids is 1. The van der Waals surface area contributed by atoms with Gasteiger partial charge in [-0.05, 0) is 25.7 Å². The van der Waals surface area contributed by atoms with Crippen LogP contribution >= 0.6 is 0 Å². The maximum absolute atomic E-state index is 10.7. The number of ether oxygens (including phenoxy) is 1. The topological polar surface area (TPSA) is 63.6 Å². The molecule has 0 saturated carbocycles. The summed E-state index contributed by atoms with van der Waals surface area (Å²) in [6.07, 6.45) is 7.68. The average Bonchev–Trinajstić information content (AvgIpc) is 2.21. The average molecular weight is 214 g/mol. The molecule has 0 aromatic heterocycles. The van der Waals surface area contributed by atoms with E-state index < -0.39 is 5.97 Å². The van der Waals surface area contributed by atoms with E-state index in [9.17, 15) is 9.59 Å². The van der Waals surface area contributed by atoms with Gasteiger partial charge in [0.05, 0.1) is 7.11 Å². The molecule has 0 aliphatic heterocycles. The van der Waals surface area contributed by atoms with Gasteiger partial charge >= 0.3 is 11.9 Å². The Morgan fingerprint density at radius 1 is 1.13 bits per heavy atom. The molecule has 0 bridgehead atoms. The molecule has 0 unspecified atom stereocenters. The Bertz CT molecular complexity index is 221. The molecule has 0 radical (unpaired) electrons. The number of carboxylic acid groups (broad SMARTS) is 1. The van der Waals surface area contributed by atoms with E-state index >= 15 is 0 Å². The maximum Gasteiger partial charge on any atom is 0.305 e. The van der Waals surface area contributed by atoms with Crippen LogP contribution in [0.3, 0.4) is 0 Å². The van der Waals surface area contributed by atoms with Crippen LogP contribution in [0.5, 0.6) is 0 Å². The largest absolute Gasteiger partial charge is 0.481 e. The van der Waals surface area contributed by atoms with E-state index in [-0.39, 0.29) is 12.4 Å². The van der Waals surface area contributed by atoms with Crippen molar-refractivity contribution in [2.75, 3.05) is 7.11 Å². The van der Waals surface area contributed by atoms with Crippen LogP contribution in [0.15, 0.2) is 12.2 Å². The van der Waals surface area contributed by atoms with Crippen LogP contribution < -0.4 is 0 Å². The molecule has 1 N–H and O–H groups in total. The molecule has 0 fully saturated rings. The summed E-state index contributed by atoms with van der Waals surface area (Å²) in [4.78, 5) is 20.9. The van der Waals surface area contributed by atoms with Crippen LogP contribution in [0.2, 0.25) is 0 Å². The second kappa shape index (κ2) is 9.24. The van der Waals surface area contributed by atoms with Crippen LogP contribution in [0.1, 0.15) is 38.5 Å². The number of methoxy groups -OCH3 is 1. The zero-order chi connectivity index (χ0) is 11.5. The number of carboxylic acids is 1. The maximum atomic E-state index is 10.7. The summed E-state index contributed by atoms with van der Waals surface area (Å²) in [7, 11) is 1.37. The lowest BCUT2D eigenvalue weighted by atomic mass is 10.2. The molecule has 0 heterocycles. The zero-order valence-electron chi connectivity index (χ0n) is 9.07. The summed E-state index contributed by atoms with van der Waals surface area (Å²) in [5.74, 6) is -0.949. The quantitative estimate of drug-likeness (QED) is 0.382. The van der Waals surface area contributed by atoms with Crippen molar-refractivity contribution < 1.29 is 19.4 Å². The van der Waals surface area contributed by atoms with E-state index in [1.165, 1.54) is 7.11 Å². The van der Waals surface area contributed by atoms with Crippen LogP contribution in [0.4, 0.5) is 0 Å². The van der Waals surface area contributed by atoms with Gasteiger partial charge in [-0.2, -0.15) is 0 Å². The smallest absolute Gasteiger partial charge is 0.305 e. The van der Waals surface area contributed by atoms with Gasteiger partial charge < -0.3 is 9.84 Å². The Labute approximate surface area is 89.9 Å². The Kier molecular flexibility index (Phi) is 8.43. The third kappa shape index (κ3) is 10.6. The monoisotopic (exact) mass is 214 g/mol. The predicted octanol–water partition coefficient (Wildman–Crippen LogP) is 2.14. The van der Waals surface area contributed by atoms with Gasteiger partial charge in [-0.1, -0.05) is 12.2 Å². The van der Waals surface area contributed by atoms with Gasteiger partial charge in [0.25, 0.3) is 0 Å². The van der Waals surface area contributed by atoms with Crippen molar-refractivity contribution >= 4 is 11.9 Å². The predicted molar refractivity (Wildman–Crippen MR) is 56.5 cm³/mol. The first-order valence-corrected chi connectivity index (χ1v) is 5.10. The summed E-state index contributed by atoms with van der Waals surface area (Å²) in [5.41, 5.74) is 0. The number of carbonyl (C=O) groups is 2. The minimum atomic E-state index is -0.746. The number of esters is 1. The van der Waals surface area contributed by atoms with Crippen molar-refractivity contribution in [1.29, 1.82) is 0 Å². The fourth-order valence-corrected chi connectivity index (χ4v) is 1.08. The number of hydrogen-bond acceptors (Lipinski definition) is 3. The van der Waals surface area contributed by atoms with Crippen LogP contribution in [0.25, 0.3) is 0 Å². The molecule has 0 aromatic rings. The molecule has 4 nitrogen and oxygen atoms in total. The zero-order valence-corrected chi connectivity index (χ0v) is 9.07. The van der Waals surface area contributed by atoms with Crippen molar-refractivity contribution in [3.8, 4) is 0 Å². The SMILES string of the molecule is COC(=O)CC/C=C/CCCCC(=O)O. The summed E-state index contributed by atoms with van der Waals surface area (Å²) in [6.45, 7) is 0. The lowest BCUT2D eigenvalue weighted by Crippen LogP contribution is -1.97. The summed E-state index contributed by atoms with van der Waals surface area (Å²) in [6, 6.07) is 0. The highest BCUT2D eigenvalue weighted by Gasteiger charge is 1.96. The van der Waals surface area contributed by atoms with Gasteiger partial charge in [-0.15, -0.1) is 0 Å². The van der Waals surface area contributed by atoms with Crippen molar-refractivity contribution in [2.24, 2.45) is 0 Å². The van der Waals surface area contributed by atoms with Gasteiger partial charge in [0, 0.05) is 12.8 Å². The minimum absolute atomic E-state index is 0.203. The van der Waals surface area contributed by atoms with Crippen molar-refractivity contribution in [1.82, 2.24) is 0 Å². The lowest BCUT2D eigenvalue weighted by Gasteiger charge is -1.95. The van der Waals surface area contributed by atoms with Gasteiger partial charge in [0.15, 0.2) is 0 Å². The molecule has 4 heteroatoms. The first-order valence-electron chi connectivity index (χ1n) is 5.10. The Hall–Kier alpha value is -1.32. The van der Waals surface area contributed by atoms with Crippen LogP contribution in [-0.4, -0.2) is 24.2 Å². The molecule has 0 rings (SSSR count). The highest BCUT2D eigenvalue weighted by molar-refractivity contribution is 5.69. The second-order valence-corrected chi connectivity index (χ2v) is 3.23. The van der Waals surface area contributed by atoms with Gasteiger partial charge in [0.2, 0.25) is 0 Å². The number of aliphatic carboxylic acids is 1. The molecular weight excluding hydrogens is 196 g/mol. The molecule has 0 aliphatic carbocycles. The first kappa shape index (κ1) is 13.7. The van der Waals surface area contributed by atoms with E-state index in [0.717, 1.165) is 12.8 Å². The van der Waals surface area contributed by atoms with Crippen LogP contribution in [0, 0.1) is 0 Å². The van der Waals surface area contributed by atoms with Gasteiger partial charge in [-0.3, -0.25) is 9.59 Å². The van der Waals surface area contributed by atoms with Gasteiger partial charge in [0.1, 0.15) is 0 Å². The van der Waals surface area contributed by atoms with E-state index in [1.807, 2.05) is 12.2 Å². The highest BCUT2D eigenvalue weighted by Crippen LogP contribution is 2.02. The van der Waals surface area contributed by atoms with Gasteiger partial charge in [-0.25, -0.2) is 0 Å². The first-order chi connectivity index (χ1) is 7.16. The second-order valence-electron chi connectivity index (χ2n) is 3.23. The molecule has 0 amide bonds. The molecule has 0 saturated heterocycles. The molecule has 0 aromatic carbocycles. The van der Waals surface area contributed by atoms with E-state index in [0.29, 0.717) is 19.3 Å². The number of allylic oxidation sites excluding steroid dienone is 2. The summed E-state index contributed by atoms with van der Waals surface area (Å²) >= 11 is 0. The summed E-state index contributed by atoms with van der Waals surface area (Å²) < 4.78 is 4.48. The van der Waals surface area contributed by atoms with E-state index in [2.05, 4.69) is 4.74 Å². The van der Waals surface area contributed by atoms with E-state index in [4.69, 9.17) is 5.11 Å². The normalized spacial score (nSPS) is 10.5.